The van der Waals surface area contributed by atoms with E-state index < -0.39 is 0 Å². The van der Waals surface area contributed by atoms with Crippen molar-refractivity contribution in [2.24, 2.45) is 11.7 Å². The van der Waals surface area contributed by atoms with Gasteiger partial charge in [0, 0.05) is 12.3 Å². The number of ketones is 1. The van der Waals surface area contributed by atoms with Gasteiger partial charge in [0.2, 0.25) is 0 Å². The smallest absolute Gasteiger partial charge is 0.140 e. The Labute approximate surface area is 61.1 Å². The summed E-state index contributed by atoms with van der Waals surface area (Å²) in [5.74, 6) is 0.572. The van der Waals surface area contributed by atoms with Crippen LogP contribution in [0.2, 0.25) is 0 Å². The van der Waals surface area contributed by atoms with Crippen LogP contribution in [0.3, 0.4) is 0 Å². The summed E-state index contributed by atoms with van der Waals surface area (Å²) in [6, 6.07) is 0. The summed E-state index contributed by atoms with van der Waals surface area (Å²) in [6.07, 6.45) is 6.38. The van der Waals surface area contributed by atoms with E-state index in [-0.39, 0.29) is 5.92 Å². The zero-order chi connectivity index (χ0) is 7.40. The maximum absolute atomic E-state index is 11.1. The molecule has 0 heterocycles. The van der Waals surface area contributed by atoms with Gasteiger partial charge in [-0.05, 0) is 19.4 Å². The highest BCUT2D eigenvalue weighted by Gasteiger charge is 2.17. The van der Waals surface area contributed by atoms with E-state index in [0.717, 1.165) is 12.8 Å². The average molecular weight is 139 g/mol. The highest BCUT2D eigenvalue weighted by molar-refractivity contribution is 5.83. The van der Waals surface area contributed by atoms with Crippen LogP contribution in [0.4, 0.5) is 0 Å². The first-order valence-corrected chi connectivity index (χ1v) is 3.72. The van der Waals surface area contributed by atoms with Gasteiger partial charge in [0.1, 0.15) is 5.78 Å². The van der Waals surface area contributed by atoms with Crippen LogP contribution in [0.5, 0.6) is 0 Å². The number of nitrogens with two attached hydrogens (primary N) is 1. The number of allylic oxidation sites excluding steroid dienone is 2. The first-order valence-electron chi connectivity index (χ1n) is 3.72. The first kappa shape index (κ1) is 7.48. The molecule has 1 rings (SSSR count). The fourth-order valence-corrected chi connectivity index (χ4v) is 1.24. The summed E-state index contributed by atoms with van der Waals surface area (Å²) in [4.78, 5) is 11.1. The molecule has 1 atom stereocenters. The Hall–Kier alpha value is -0.630. The summed E-state index contributed by atoms with van der Waals surface area (Å²) < 4.78 is 0. The van der Waals surface area contributed by atoms with Crippen molar-refractivity contribution >= 4 is 5.78 Å². The number of Topliss-reactive ketones (excluding diaryl/α,β-unsaturated/α-hetero) is 1. The molecule has 0 aromatic carbocycles. The van der Waals surface area contributed by atoms with Gasteiger partial charge in [0.25, 0.3) is 0 Å². The number of rotatable bonds is 2. The quantitative estimate of drug-likeness (QED) is 0.577. The Balaban J connectivity index is 2.43. The van der Waals surface area contributed by atoms with Gasteiger partial charge in [-0.1, -0.05) is 12.2 Å². The third-order valence-electron chi connectivity index (χ3n) is 1.88. The second kappa shape index (κ2) is 3.52. The molecule has 0 saturated carbocycles. The number of carbonyl (C=O) groups is 1. The predicted octanol–water partition coefficient (Wildman–Crippen LogP) is 0.871. The van der Waals surface area contributed by atoms with Crippen LogP contribution >= 0.6 is 0 Å². The van der Waals surface area contributed by atoms with Gasteiger partial charge in [-0.3, -0.25) is 4.79 Å². The molecule has 2 nitrogen and oxygen atoms in total. The van der Waals surface area contributed by atoms with Gasteiger partial charge in [0.05, 0.1) is 0 Å². The van der Waals surface area contributed by atoms with E-state index in [1.54, 1.807) is 0 Å². The molecule has 0 spiro atoms. The van der Waals surface area contributed by atoms with E-state index in [2.05, 4.69) is 6.08 Å². The van der Waals surface area contributed by atoms with Gasteiger partial charge < -0.3 is 5.73 Å². The molecule has 2 N–H and O–H groups in total. The van der Waals surface area contributed by atoms with Crippen molar-refractivity contribution in [2.75, 3.05) is 6.54 Å². The van der Waals surface area contributed by atoms with E-state index in [0.29, 0.717) is 18.7 Å². The maximum Gasteiger partial charge on any atom is 0.140 e. The molecule has 0 bridgehead atoms. The lowest BCUT2D eigenvalue weighted by atomic mass is 9.90. The predicted molar refractivity (Wildman–Crippen MR) is 40.5 cm³/mol. The first-order chi connectivity index (χ1) is 4.84. The van der Waals surface area contributed by atoms with Crippen molar-refractivity contribution < 1.29 is 4.79 Å². The van der Waals surface area contributed by atoms with Crippen molar-refractivity contribution in [3.8, 4) is 0 Å². The standard InChI is InChI=1S/C8H13NO/c9-6-5-7-3-1-2-4-8(7)10/h1-2,7H,3-6,9H2. The molecule has 0 saturated heterocycles. The molecule has 0 aromatic heterocycles. The SMILES string of the molecule is NCCC1CC=CCC1=O. The Morgan fingerprint density at radius 1 is 1.60 bits per heavy atom. The van der Waals surface area contributed by atoms with Crippen molar-refractivity contribution in [1.29, 1.82) is 0 Å². The van der Waals surface area contributed by atoms with Crippen LogP contribution in [-0.2, 0) is 4.79 Å². The summed E-state index contributed by atoms with van der Waals surface area (Å²) in [7, 11) is 0. The Bertz CT molecular complexity index is 151. The molecule has 2 heteroatoms. The van der Waals surface area contributed by atoms with Crippen molar-refractivity contribution in [1.82, 2.24) is 0 Å². The molecule has 56 valence electrons. The normalized spacial score (nSPS) is 25.3. The lowest BCUT2D eigenvalue weighted by molar-refractivity contribution is -0.122. The molecular weight excluding hydrogens is 126 g/mol. The monoisotopic (exact) mass is 139 g/mol. The lowest BCUT2D eigenvalue weighted by Crippen LogP contribution is -2.19. The number of hydrogen-bond donors (Lipinski definition) is 1. The molecule has 1 aliphatic rings. The fourth-order valence-electron chi connectivity index (χ4n) is 1.24. The van der Waals surface area contributed by atoms with Gasteiger partial charge in [-0.15, -0.1) is 0 Å². The number of carbonyl (C=O) groups excluding carboxylic acids is 1. The van der Waals surface area contributed by atoms with E-state index in [1.165, 1.54) is 0 Å². The highest BCUT2D eigenvalue weighted by Crippen LogP contribution is 2.16. The summed E-state index contributed by atoms with van der Waals surface area (Å²) in [6.45, 7) is 0.629. The van der Waals surface area contributed by atoms with E-state index in [9.17, 15) is 4.79 Å². The molecule has 1 aliphatic carbocycles. The minimum absolute atomic E-state index is 0.218. The maximum atomic E-state index is 11.1. The highest BCUT2D eigenvalue weighted by atomic mass is 16.1. The average Bonchev–Trinajstić information content (AvgIpc) is 1.94. The molecule has 10 heavy (non-hydrogen) atoms. The second-order valence-corrected chi connectivity index (χ2v) is 2.65. The summed E-state index contributed by atoms with van der Waals surface area (Å²) >= 11 is 0. The van der Waals surface area contributed by atoms with Gasteiger partial charge in [0.15, 0.2) is 0 Å². The lowest BCUT2D eigenvalue weighted by Gasteiger charge is -2.14. The van der Waals surface area contributed by atoms with E-state index in [1.807, 2.05) is 6.08 Å². The zero-order valence-electron chi connectivity index (χ0n) is 6.05. The minimum Gasteiger partial charge on any atom is -0.330 e. The van der Waals surface area contributed by atoms with Gasteiger partial charge >= 0.3 is 0 Å². The van der Waals surface area contributed by atoms with Crippen LogP contribution in [0.25, 0.3) is 0 Å². The van der Waals surface area contributed by atoms with Crippen molar-refractivity contribution in [3.63, 3.8) is 0 Å². The third kappa shape index (κ3) is 1.67. The minimum atomic E-state index is 0.218. The molecule has 0 radical (unpaired) electrons. The van der Waals surface area contributed by atoms with Crippen LogP contribution in [0.15, 0.2) is 12.2 Å². The zero-order valence-corrected chi connectivity index (χ0v) is 6.05. The largest absolute Gasteiger partial charge is 0.330 e. The van der Waals surface area contributed by atoms with Crippen LogP contribution in [-0.4, -0.2) is 12.3 Å². The molecular formula is C8H13NO. The molecule has 0 aliphatic heterocycles. The topological polar surface area (TPSA) is 43.1 Å². The van der Waals surface area contributed by atoms with Gasteiger partial charge in [-0.2, -0.15) is 0 Å². The summed E-state index contributed by atoms with van der Waals surface area (Å²) in [5.41, 5.74) is 5.35. The second-order valence-electron chi connectivity index (χ2n) is 2.65. The molecule has 0 aromatic rings. The van der Waals surface area contributed by atoms with Gasteiger partial charge in [-0.25, -0.2) is 0 Å². The molecule has 0 amide bonds. The Kier molecular flexibility index (Phi) is 2.63. The van der Waals surface area contributed by atoms with E-state index >= 15 is 0 Å². The molecule has 1 unspecified atom stereocenters. The fraction of sp³-hybridized carbons (Fsp3) is 0.625. The Morgan fingerprint density at radius 2 is 2.40 bits per heavy atom. The van der Waals surface area contributed by atoms with Crippen LogP contribution in [0, 0.1) is 5.92 Å². The number of hydrogen-bond acceptors (Lipinski definition) is 2. The third-order valence-corrected chi connectivity index (χ3v) is 1.88. The van der Waals surface area contributed by atoms with Crippen molar-refractivity contribution in [3.05, 3.63) is 12.2 Å². The Morgan fingerprint density at radius 3 is 3.00 bits per heavy atom. The summed E-state index contributed by atoms with van der Waals surface area (Å²) in [5, 5.41) is 0. The van der Waals surface area contributed by atoms with Crippen LogP contribution in [0.1, 0.15) is 19.3 Å². The van der Waals surface area contributed by atoms with Crippen LogP contribution < -0.4 is 5.73 Å². The van der Waals surface area contributed by atoms with Crippen molar-refractivity contribution in [2.45, 2.75) is 19.3 Å². The molecule has 0 fully saturated rings. The van der Waals surface area contributed by atoms with E-state index in [4.69, 9.17) is 5.73 Å².